The van der Waals surface area contributed by atoms with Crippen LogP contribution < -0.4 is 5.32 Å². The lowest BCUT2D eigenvalue weighted by Crippen LogP contribution is -2.27. The largest absolute Gasteiger partial charge is 0.392 e. The lowest BCUT2D eigenvalue weighted by Gasteiger charge is -2.09. The summed E-state index contributed by atoms with van der Waals surface area (Å²) >= 11 is 5.16. The quantitative estimate of drug-likeness (QED) is 0.865. The van der Waals surface area contributed by atoms with Gasteiger partial charge in [-0.3, -0.25) is 0 Å². The van der Waals surface area contributed by atoms with Gasteiger partial charge in [-0.15, -0.1) is 11.3 Å². The van der Waals surface area contributed by atoms with Crippen LogP contribution in [-0.4, -0.2) is 17.8 Å². The molecule has 1 unspecified atom stereocenters. The van der Waals surface area contributed by atoms with Crippen molar-refractivity contribution in [1.29, 1.82) is 0 Å². The van der Waals surface area contributed by atoms with Crippen LogP contribution in [0.25, 0.3) is 0 Å². The average Bonchev–Trinajstić information content (AvgIpc) is 2.92. The van der Waals surface area contributed by atoms with Gasteiger partial charge in [0.05, 0.1) is 9.89 Å². The van der Waals surface area contributed by atoms with E-state index < -0.39 is 0 Å². The van der Waals surface area contributed by atoms with Crippen LogP contribution in [0.5, 0.6) is 0 Å². The Morgan fingerprint density at radius 2 is 2.36 bits per heavy atom. The SMILES string of the molecule is OC(CNCc1ccc(Br)s1)C1CC1. The van der Waals surface area contributed by atoms with E-state index in [0.29, 0.717) is 5.92 Å². The number of rotatable bonds is 5. The fraction of sp³-hybridized carbons (Fsp3) is 0.600. The maximum atomic E-state index is 9.60. The van der Waals surface area contributed by atoms with E-state index in [9.17, 15) is 5.11 Å². The molecule has 0 radical (unpaired) electrons. The molecule has 1 atom stereocenters. The zero-order valence-corrected chi connectivity index (χ0v) is 10.3. The van der Waals surface area contributed by atoms with Gasteiger partial charge in [0.15, 0.2) is 0 Å². The van der Waals surface area contributed by atoms with Gasteiger partial charge in [0.1, 0.15) is 0 Å². The summed E-state index contributed by atoms with van der Waals surface area (Å²) in [7, 11) is 0. The maximum absolute atomic E-state index is 9.60. The zero-order chi connectivity index (χ0) is 9.97. The molecule has 1 aliphatic rings. The average molecular weight is 276 g/mol. The first kappa shape index (κ1) is 10.6. The van der Waals surface area contributed by atoms with Gasteiger partial charge in [-0.1, -0.05) is 0 Å². The van der Waals surface area contributed by atoms with Gasteiger partial charge in [-0.25, -0.2) is 0 Å². The summed E-state index contributed by atoms with van der Waals surface area (Å²) in [5, 5.41) is 12.9. The van der Waals surface area contributed by atoms with E-state index in [1.165, 1.54) is 17.7 Å². The van der Waals surface area contributed by atoms with Crippen LogP contribution in [-0.2, 0) is 6.54 Å². The Hall–Kier alpha value is 0.1000. The summed E-state index contributed by atoms with van der Waals surface area (Å²) in [4.78, 5) is 1.31. The van der Waals surface area contributed by atoms with E-state index in [1.54, 1.807) is 11.3 Å². The number of halogens is 1. The molecule has 1 fully saturated rings. The third-order valence-corrected chi connectivity index (χ3v) is 4.07. The van der Waals surface area contributed by atoms with Crippen LogP contribution in [0.3, 0.4) is 0 Å². The molecule has 1 aromatic heterocycles. The van der Waals surface area contributed by atoms with Crippen molar-refractivity contribution in [3.8, 4) is 0 Å². The molecule has 0 bridgehead atoms. The second kappa shape index (κ2) is 4.75. The Bertz CT molecular complexity index is 298. The Labute approximate surface area is 96.5 Å². The van der Waals surface area contributed by atoms with E-state index in [1.807, 2.05) is 0 Å². The third-order valence-electron chi connectivity index (χ3n) is 2.45. The fourth-order valence-corrected chi connectivity index (χ4v) is 2.89. The van der Waals surface area contributed by atoms with Crippen LogP contribution in [0, 0.1) is 5.92 Å². The molecule has 0 aliphatic heterocycles. The molecular weight excluding hydrogens is 262 g/mol. The van der Waals surface area contributed by atoms with Crippen LogP contribution >= 0.6 is 27.3 Å². The summed E-state index contributed by atoms with van der Waals surface area (Å²) in [6.07, 6.45) is 2.26. The molecule has 2 rings (SSSR count). The van der Waals surface area contributed by atoms with E-state index in [0.717, 1.165) is 16.9 Å². The monoisotopic (exact) mass is 275 g/mol. The molecule has 1 saturated carbocycles. The van der Waals surface area contributed by atoms with Gasteiger partial charge < -0.3 is 10.4 Å². The lowest BCUT2D eigenvalue weighted by molar-refractivity contribution is 0.148. The van der Waals surface area contributed by atoms with Gasteiger partial charge >= 0.3 is 0 Å². The van der Waals surface area contributed by atoms with Crippen molar-refractivity contribution < 1.29 is 5.11 Å². The van der Waals surface area contributed by atoms with E-state index >= 15 is 0 Å². The molecule has 4 heteroatoms. The minimum Gasteiger partial charge on any atom is -0.392 e. The molecule has 14 heavy (non-hydrogen) atoms. The minimum absolute atomic E-state index is 0.140. The van der Waals surface area contributed by atoms with Crippen LogP contribution in [0.4, 0.5) is 0 Å². The number of nitrogens with one attached hydrogen (secondary N) is 1. The Morgan fingerprint density at radius 3 is 2.93 bits per heavy atom. The first-order valence-corrected chi connectivity index (χ1v) is 6.49. The van der Waals surface area contributed by atoms with E-state index in [4.69, 9.17) is 0 Å². The first-order chi connectivity index (χ1) is 6.75. The standard InChI is InChI=1S/C10H14BrNOS/c11-10-4-3-8(14-10)5-12-6-9(13)7-1-2-7/h3-4,7,9,12-13H,1-2,5-6H2. The summed E-state index contributed by atoms with van der Waals surface area (Å²) in [6.45, 7) is 1.58. The summed E-state index contributed by atoms with van der Waals surface area (Å²) in [5.41, 5.74) is 0. The molecule has 1 heterocycles. The molecule has 1 aromatic rings. The van der Waals surface area contributed by atoms with Gasteiger partial charge in [0.2, 0.25) is 0 Å². The smallest absolute Gasteiger partial charge is 0.0701 e. The summed E-state index contributed by atoms with van der Waals surface area (Å²) < 4.78 is 1.16. The highest BCUT2D eigenvalue weighted by Gasteiger charge is 2.28. The second-order valence-electron chi connectivity index (χ2n) is 3.74. The fourth-order valence-electron chi connectivity index (χ4n) is 1.44. The van der Waals surface area contributed by atoms with Crippen LogP contribution in [0.15, 0.2) is 15.9 Å². The molecule has 0 spiro atoms. The Morgan fingerprint density at radius 1 is 1.57 bits per heavy atom. The van der Waals surface area contributed by atoms with E-state index in [2.05, 4.69) is 33.4 Å². The van der Waals surface area contributed by atoms with Crippen LogP contribution in [0.1, 0.15) is 17.7 Å². The number of aliphatic hydroxyl groups is 1. The summed E-state index contributed by atoms with van der Waals surface area (Å²) in [5.74, 6) is 0.567. The Kier molecular flexibility index (Phi) is 3.60. The Balaban J connectivity index is 1.67. The number of thiophene rings is 1. The van der Waals surface area contributed by atoms with Crippen molar-refractivity contribution in [1.82, 2.24) is 5.32 Å². The normalized spacial score (nSPS) is 18.4. The van der Waals surface area contributed by atoms with Gasteiger partial charge in [-0.05, 0) is 46.8 Å². The maximum Gasteiger partial charge on any atom is 0.0701 e. The highest BCUT2D eigenvalue weighted by atomic mass is 79.9. The summed E-state index contributed by atoms with van der Waals surface area (Å²) in [6, 6.07) is 4.16. The third kappa shape index (κ3) is 3.05. The van der Waals surface area contributed by atoms with Crippen molar-refractivity contribution in [2.75, 3.05) is 6.54 Å². The highest BCUT2D eigenvalue weighted by molar-refractivity contribution is 9.11. The molecule has 0 saturated heterocycles. The molecule has 0 amide bonds. The minimum atomic E-state index is -0.140. The molecule has 1 aliphatic carbocycles. The number of aliphatic hydroxyl groups excluding tert-OH is 1. The topological polar surface area (TPSA) is 32.3 Å². The predicted octanol–water partition coefficient (Wildman–Crippen LogP) is 2.37. The predicted molar refractivity (Wildman–Crippen MR) is 62.5 cm³/mol. The number of hydrogen-bond acceptors (Lipinski definition) is 3. The van der Waals surface area contributed by atoms with Gasteiger partial charge in [0.25, 0.3) is 0 Å². The molecule has 2 N–H and O–H groups in total. The first-order valence-electron chi connectivity index (χ1n) is 4.88. The molecular formula is C10H14BrNOS. The van der Waals surface area contributed by atoms with Crippen molar-refractivity contribution in [3.63, 3.8) is 0 Å². The van der Waals surface area contributed by atoms with Crippen molar-refractivity contribution in [2.45, 2.75) is 25.5 Å². The van der Waals surface area contributed by atoms with Gasteiger partial charge in [0, 0.05) is 18.0 Å². The van der Waals surface area contributed by atoms with Crippen LogP contribution in [0.2, 0.25) is 0 Å². The second-order valence-corrected chi connectivity index (χ2v) is 6.29. The zero-order valence-electron chi connectivity index (χ0n) is 7.87. The lowest BCUT2D eigenvalue weighted by atomic mass is 10.2. The molecule has 78 valence electrons. The van der Waals surface area contributed by atoms with Gasteiger partial charge in [-0.2, -0.15) is 0 Å². The molecule has 2 nitrogen and oxygen atoms in total. The van der Waals surface area contributed by atoms with Crippen molar-refractivity contribution in [3.05, 3.63) is 20.8 Å². The van der Waals surface area contributed by atoms with Crippen molar-refractivity contribution >= 4 is 27.3 Å². The van der Waals surface area contributed by atoms with Crippen molar-refractivity contribution in [2.24, 2.45) is 5.92 Å². The molecule has 0 aromatic carbocycles. The number of hydrogen-bond donors (Lipinski definition) is 2. The highest BCUT2D eigenvalue weighted by Crippen LogP contribution is 2.32. The van der Waals surface area contributed by atoms with E-state index in [-0.39, 0.29) is 6.10 Å².